The van der Waals surface area contributed by atoms with Crippen LogP contribution in [-0.2, 0) is 40.2 Å². The highest BCUT2D eigenvalue weighted by Crippen LogP contribution is 2.46. The molecule has 0 fully saturated rings. The first-order valence-corrected chi connectivity index (χ1v) is 15.2. The number of benzene rings is 3. The summed E-state index contributed by atoms with van der Waals surface area (Å²) in [5.41, 5.74) is 9.62. The van der Waals surface area contributed by atoms with Crippen molar-refractivity contribution in [2.45, 2.75) is 92.5 Å². The Morgan fingerprint density at radius 3 is 2.45 bits per heavy atom. The number of ether oxygens (including phenoxy) is 3. The summed E-state index contributed by atoms with van der Waals surface area (Å²) in [6, 6.07) is 12.1. The summed E-state index contributed by atoms with van der Waals surface area (Å²) in [4.78, 5) is 16.1. The van der Waals surface area contributed by atoms with Crippen molar-refractivity contribution in [2.75, 3.05) is 19.8 Å². The second-order valence-corrected chi connectivity index (χ2v) is 12.6. The number of carbonyl (C=O) groups is 1. The van der Waals surface area contributed by atoms with Gasteiger partial charge in [-0.15, -0.1) is 0 Å². The molecule has 224 valence electrons. The predicted octanol–water partition coefficient (Wildman–Crippen LogP) is 7.72. The summed E-state index contributed by atoms with van der Waals surface area (Å²) in [5, 5.41) is 0. The van der Waals surface area contributed by atoms with Crippen LogP contribution in [0.2, 0.25) is 0 Å². The molecule has 0 spiro atoms. The van der Waals surface area contributed by atoms with Gasteiger partial charge in [0.1, 0.15) is 0 Å². The third kappa shape index (κ3) is 5.97. The third-order valence-corrected chi connectivity index (χ3v) is 8.57. The summed E-state index contributed by atoms with van der Waals surface area (Å²) >= 11 is 0. The van der Waals surface area contributed by atoms with E-state index in [1.807, 2.05) is 40.7 Å². The van der Waals surface area contributed by atoms with E-state index < -0.39 is 17.7 Å². The largest absolute Gasteiger partial charge is 0.490 e. The number of esters is 1. The van der Waals surface area contributed by atoms with Crippen LogP contribution in [0, 0.1) is 26.6 Å². The molecule has 3 aromatic carbocycles. The topological polar surface area (TPSA) is 48.0 Å². The van der Waals surface area contributed by atoms with E-state index in [0.29, 0.717) is 12.4 Å². The van der Waals surface area contributed by atoms with Crippen LogP contribution in [0.15, 0.2) is 36.4 Å². The SMILES string of the molecule is CCOC(=O)[C@@H](OC(C)(C)C)c1c(C)c2c(c(C)c1-c1cc(F)c3c(c1C)CCCO3)CN(Cc1ccccc1)CC2. The van der Waals surface area contributed by atoms with E-state index in [0.717, 1.165) is 77.8 Å². The molecule has 0 saturated carbocycles. The first-order valence-electron chi connectivity index (χ1n) is 15.2. The van der Waals surface area contributed by atoms with E-state index in [9.17, 15) is 4.79 Å². The average Bonchev–Trinajstić information content (AvgIpc) is 2.96. The molecule has 0 saturated heterocycles. The van der Waals surface area contributed by atoms with Gasteiger partial charge in [0, 0.05) is 30.8 Å². The summed E-state index contributed by atoms with van der Waals surface area (Å²) in [6.45, 7) is 17.2. The molecule has 0 N–H and O–H groups in total. The molecule has 5 nitrogen and oxygen atoms in total. The van der Waals surface area contributed by atoms with Crippen molar-refractivity contribution < 1.29 is 23.4 Å². The van der Waals surface area contributed by atoms with Crippen LogP contribution in [0.1, 0.15) is 84.7 Å². The highest BCUT2D eigenvalue weighted by atomic mass is 19.1. The van der Waals surface area contributed by atoms with Crippen molar-refractivity contribution in [3.63, 3.8) is 0 Å². The zero-order chi connectivity index (χ0) is 30.2. The van der Waals surface area contributed by atoms with Crippen molar-refractivity contribution in [1.29, 1.82) is 0 Å². The lowest BCUT2D eigenvalue weighted by Crippen LogP contribution is -2.33. The van der Waals surface area contributed by atoms with Crippen molar-refractivity contribution in [1.82, 2.24) is 4.90 Å². The third-order valence-electron chi connectivity index (χ3n) is 8.57. The van der Waals surface area contributed by atoms with Gasteiger partial charge in [0.15, 0.2) is 17.7 Å². The summed E-state index contributed by atoms with van der Waals surface area (Å²) < 4.78 is 33.6. The fourth-order valence-corrected chi connectivity index (χ4v) is 6.65. The van der Waals surface area contributed by atoms with E-state index in [-0.39, 0.29) is 12.4 Å². The van der Waals surface area contributed by atoms with Gasteiger partial charge in [-0.3, -0.25) is 4.90 Å². The molecule has 1 atom stereocenters. The van der Waals surface area contributed by atoms with Crippen molar-refractivity contribution >= 4 is 5.97 Å². The maximum Gasteiger partial charge on any atom is 0.339 e. The van der Waals surface area contributed by atoms with Gasteiger partial charge >= 0.3 is 5.97 Å². The minimum atomic E-state index is -0.943. The maximum absolute atomic E-state index is 15.7. The Kier molecular flexibility index (Phi) is 8.77. The van der Waals surface area contributed by atoms with E-state index in [2.05, 4.69) is 43.0 Å². The predicted molar refractivity (Wildman–Crippen MR) is 164 cm³/mol. The molecule has 0 aromatic heterocycles. The second-order valence-electron chi connectivity index (χ2n) is 12.6. The van der Waals surface area contributed by atoms with Gasteiger partial charge in [0.2, 0.25) is 0 Å². The molecule has 2 aliphatic rings. The molecule has 2 aliphatic heterocycles. The van der Waals surface area contributed by atoms with Gasteiger partial charge in [0.05, 0.1) is 18.8 Å². The lowest BCUT2D eigenvalue weighted by Gasteiger charge is -2.36. The van der Waals surface area contributed by atoms with Crippen LogP contribution in [0.5, 0.6) is 5.75 Å². The van der Waals surface area contributed by atoms with Crippen LogP contribution in [0.4, 0.5) is 4.39 Å². The molecule has 0 amide bonds. The summed E-state index contributed by atoms with van der Waals surface area (Å²) in [5.74, 6) is -0.420. The molecule has 0 bridgehead atoms. The smallest absolute Gasteiger partial charge is 0.339 e. The minimum Gasteiger partial charge on any atom is -0.490 e. The van der Waals surface area contributed by atoms with Crippen molar-refractivity contribution in [3.8, 4) is 16.9 Å². The zero-order valence-electron chi connectivity index (χ0n) is 26.2. The Balaban J connectivity index is 1.74. The Hall–Kier alpha value is -3.22. The fraction of sp³-hybridized carbons (Fsp3) is 0.472. The molecule has 42 heavy (non-hydrogen) atoms. The number of halogens is 1. The summed E-state index contributed by atoms with van der Waals surface area (Å²) in [7, 11) is 0. The molecule has 2 heterocycles. The maximum atomic E-state index is 15.7. The molecular formula is C36H44FNO4. The number of carbonyl (C=O) groups excluding carboxylic acids is 1. The van der Waals surface area contributed by atoms with Crippen LogP contribution in [-0.4, -0.2) is 36.2 Å². The Morgan fingerprint density at radius 2 is 1.76 bits per heavy atom. The first kappa shape index (κ1) is 30.2. The number of hydrogen-bond acceptors (Lipinski definition) is 5. The highest BCUT2D eigenvalue weighted by Gasteiger charge is 2.36. The number of hydrogen-bond donors (Lipinski definition) is 0. The van der Waals surface area contributed by atoms with Gasteiger partial charge in [0.25, 0.3) is 0 Å². The molecule has 5 rings (SSSR count). The quantitative estimate of drug-likeness (QED) is 0.271. The van der Waals surface area contributed by atoms with Gasteiger partial charge < -0.3 is 14.2 Å². The van der Waals surface area contributed by atoms with Crippen LogP contribution in [0.25, 0.3) is 11.1 Å². The number of rotatable bonds is 7. The number of fused-ring (bicyclic) bond motifs is 2. The van der Waals surface area contributed by atoms with Gasteiger partial charge in [-0.2, -0.15) is 0 Å². The zero-order valence-corrected chi connectivity index (χ0v) is 26.2. The molecule has 0 radical (unpaired) electrons. The Morgan fingerprint density at radius 1 is 1.02 bits per heavy atom. The van der Waals surface area contributed by atoms with Gasteiger partial charge in [-0.05, 0) is 118 Å². The van der Waals surface area contributed by atoms with Gasteiger partial charge in [-0.1, -0.05) is 30.3 Å². The van der Waals surface area contributed by atoms with Crippen molar-refractivity contribution in [2.24, 2.45) is 0 Å². The minimum absolute atomic E-state index is 0.249. The molecule has 0 aliphatic carbocycles. The molecule has 0 unspecified atom stereocenters. The Labute approximate surface area is 250 Å². The lowest BCUT2D eigenvalue weighted by molar-refractivity contribution is -0.166. The van der Waals surface area contributed by atoms with E-state index >= 15 is 4.39 Å². The van der Waals surface area contributed by atoms with Crippen LogP contribution < -0.4 is 4.74 Å². The standard InChI is InChI=1S/C36H44FNO4/c1-8-40-35(39)34(42-36(5,6)7)32-23(3)26-16-17-38(20-25-13-10-9-11-14-25)21-29(26)24(4)31(32)28-19-30(37)33-27(22(28)2)15-12-18-41-33/h9-11,13-14,19,34H,8,12,15-18,20-21H2,1-7H3/t34-/m0/s1. The molecule has 6 heteroatoms. The second kappa shape index (κ2) is 12.2. The first-order chi connectivity index (χ1) is 20.0. The van der Waals surface area contributed by atoms with Crippen LogP contribution in [0.3, 0.4) is 0 Å². The summed E-state index contributed by atoms with van der Waals surface area (Å²) in [6.07, 6.45) is 1.52. The van der Waals surface area contributed by atoms with Crippen molar-refractivity contribution in [3.05, 3.63) is 86.7 Å². The monoisotopic (exact) mass is 573 g/mol. The van der Waals surface area contributed by atoms with E-state index in [1.165, 1.54) is 16.7 Å². The Bertz CT molecular complexity index is 1470. The lowest BCUT2D eigenvalue weighted by atomic mass is 9.78. The average molecular weight is 574 g/mol. The normalized spacial score (nSPS) is 15.9. The number of nitrogens with zero attached hydrogens (tertiary/aromatic N) is 1. The highest BCUT2D eigenvalue weighted by molar-refractivity contribution is 5.86. The molecular weight excluding hydrogens is 529 g/mol. The van der Waals surface area contributed by atoms with Gasteiger partial charge in [-0.25, -0.2) is 9.18 Å². The van der Waals surface area contributed by atoms with E-state index in [1.54, 1.807) is 6.07 Å². The molecule has 3 aromatic rings. The van der Waals surface area contributed by atoms with Crippen LogP contribution >= 0.6 is 0 Å². The van der Waals surface area contributed by atoms with E-state index in [4.69, 9.17) is 14.2 Å². The fourth-order valence-electron chi connectivity index (χ4n) is 6.65.